The molecule has 20 heavy (non-hydrogen) atoms. The van der Waals surface area contributed by atoms with E-state index in [0.29, 0.717) is 5.69 Å². The van der Waals surface area contributed by atoms with Gasteiger partial charge < -0.3 is 4.57 Å². The van der Waals surface area contributed by atoms with Crippen LogP contribution in [0.1, 0.15) is 0 Å². The number of halogens is 1. The van der Waals surface area contributed by atoms with Crippen LogP contribution < -0.4 is 11.2 Å². The highest BCUT2D eigenvalue weighted by Crippen LogP contribution is 2.29. The van der Waals surface area contributed by atoms with Gasteiger partial charge in [0, 0.05) is 30.1 Å². The first-order valence-electron chi connectivity index (χ1n) is 5.66. The second-order valence-electron chi connectivity index (χ2n) is 4.30. The summed E-state index contributed by atoms with van der Waals surface area (Å²) in [6, 6.07) is 1.93. The van der Waals surface area contributed by atoms with Crippen LogP contribution in [0, 0.1) is 0 Å². The van der Waals surface area contributed by atoms with Crippen molar-refractivity contribution in [1.82, 2.24) is 19.1 Å². The summed E-state index contributed by atoms with van der Waals surface area (Å²) in [5.74, 6) is 0.289. The Hall–Kier alpha value is -1.80. The Morgan fingerprint density at radius 2 is 2.00 bits per heavy atom. The summed E-state index contributed by atoms with van der Waals surface area (Å²) in [5.41, 5.74) is -0.149. The van der Waals surface area contributed by atoms with Crippen molar-refractivity contribution in [2.45, 2.75) is 0 Å². The van der Waals surface area contributed by atoms with E-state index in [0.717, 1.165) is 13.9 Å². The van der Waals surface area contributed by atoms with Crippen molar-refractivity contribution >= 4 is 27.3 Å². The van der Waals surface area contributed by atoms with E-state index < -0.39 is 11.2 Å². The maximum atomic E-state index is 12.1. The number of aryl methyl sites for hydroxylation is 1. The molecule has 1 aromatic heterocycles. The van der Waals surface area contributed by atoms with Gasteiger partial charge in [0.25, 0.3) is 5.56 Å². The smallest absolute Gasteiger partial charge is 0.332 e. The number of rotatable bonds is 1. The Morgan fingerprint density at radius 1 is 1.25 bits per heavy atom. The summed E-state index contributed by atoms with van der Waals surface area (Å²) in [7, 11) is 3.13. The molecule has 2 aliphatic rings. The molecule has 2 aliphatic heterocycles. The third-order valence-electron chi connectivity index (χ3n) is 2.91. The Balaban J connectivity index is 2.37. The number of fused-ring (bicyclic) bond motifs is 1. The SMILES string of the molecule is Cn1cc(-c2cc(Br)cs2)nc2c(=O)n(C)c(=O)nc1-2. The van der Waals surface area contributed by atoms with Crippen LogP contribution in [0.15, 0.2) is 31.7 Å². The van der Waals surface area contributed by atoms with Gasteiger partial charge in [-0.1, -0.05) is 0 Å². The number of hydrogen-bond donors (Lipinski definition) is 0. The molecule has 0 saturated carbocycles. The van der Waals surface area contributed by atoms with Crippen LogP contribution in [0.4, 0.5) is 0 Å². The fraction of sp³-hybridized carbons (Fsp3) is 0.167. The molecular weight excluding hydrogens is 344 g/mol. The van der Waals surface area contributed by atoms with Gasteiger partial charge in [-0.3, -0.25) is 9.36 Å². The zero-order valence-electron chi connectivity index (χ0n) is 10.6. The average molecular weight is 353 g/mol. The maximum absolute atomic E-state index is 12.1. The van der Waals surface area contributed by atoms with E-state index in [2.05, 4.69) is 25.9 Å². The lowest BCUT2D eigenvalue weighted by Gasteiger charge is -2.11. The van der Waals surface area contributed by atoms with Gasteiger partial charge >= 0.3 is 5.69 Å². The number of nitrogens with zero attached hydrogens (tertiary/aromatic N) is 4. The van der Waals surface area contributed by atoms with Crippen molar-refractivity contribution in [3.05, 3.63) is 43.0 Å². The summed E-state index contributed by atoms with van der Waals surface area (Å²) in [6.45, 7) is 0. The van der Waals surface area contributed by atoms with Crippen LogP contribution in [-0.4, -0.2) is 19.1 Å². The molecule has 1 aromatic rings. The lowest BCUT2D eigenvalue weighted by atomic mass is 10.3. The van der Waals surface area contributed by atoms with Gasteiger partial charge in [-0.05, 0) is 22.0 Å². The maximum Gasteiger partial charge on any atom is 0.352 e. The topological polar surface area (TPSA) is 69.8 Å². The predicted molar refractivity (Wildman–Crippen MR) is 80.1 cm³/mol. The summed E-state index contributed by atoms with van der Waals surface area (Å²) < 4.78 is 3.57. The van der Waals surface area contributed by atoms with Crippen molar-refractivity contribution in [3.8, 4) is 22.1 Å². The molecule has 0 unspecified atom stereocenters. The Kier molecular flexibility index (Phi) is 3.06. The van der Waals surface area contributed by atoms with E-state index in [9.17, 15) is 9.59 Å². The van der Waals surface area contributed by atoms with Crippen LogP contribution >= 0.6 is 27.3 Å². The van der Waals surface area contributed by atoms with Crippen molar-refractivity contribution in [2.24, 2.45) is 14.1 Å². The minimum atomic E-state index is -0.577. The standard InChI is InChI=1S/C12H9BrN4O2S/c1-16-4-7(8-3-6(13)5-20-8)14-9-10(16)15-12(19)17(2)11(9)18/h3-5H,1-2H3. The minimum Gasteiger partial charge on any atom is -0.332 e. The highest BCUT2D eigenvalue weighted by atomic mass is 79.9. The second kappa shape index (κ2) is 4.64. The minimum absolute atomic E-state index is 0.191. The first-order valence-corrected chi connectivity index (χ1v) is 7.33. The Bertz CT molecular complexity index is 895. The highest BCUT2D eigenvalue weighted by molar-refractivity contribution is 9.10. The van der Waals surface area contributed by atoms with E-state index in [1.54, 1.807) is 17.8 Å². The van der Waals surface area contributed by atoms with Gasteiger partial charge in [0.15, 0.2) is 11.5 Å². The van der Waals surface area contributed by atoms with Crippen LogP contribution in [0.25, 0.3) is 22.1 Å². The largest absolute Gasteiger partial charge is 0.352 e. The number of hydrogen-bond acceptors (Lipinski definition) is 5. The van der Waals surface area contributed by atoms with E-state index in [1.165, 1.54) is 18.4 Å². The molecule has 0 fully saturated rings. The first kappa shape index (κ1) is 13.2. The molecule has 3 rings (SSSR count). The van der Waals surface area contributed by atoms with Gasteiger partial charge in [-0.2, -0.15) is 4.98 Å². The van der Waals surface area contributed by atoms with Crippen LogP contribution in [0.2, 0.25) is 0 Å². The number of thiophene rings is 1. The molecule has 0 aliphatic carbocycles. The molecule has 0 aromatic carbocycles. The quantitative estimate of drug-likeness (QED) is 0.664. The van der Waals surface area contributed by atoms with Gasteiger partial charge in [0.2, 0.25) is 0 Å². The first-order chi connectivity index (χ1) is 9.47. The normalized spacial score (nSPS) is 11.2. The molecule has 0 radical (unpaired) electrons. The van der Waals surface area contributed by atoms with Crippen LogP contribution in [-0.2, 0) is 14.1 Å². The number of aromatic nitrogens is 4. The van der Waals surface area contributed by atoms with E-state index in [-0.39, 0.29) is 11.5 Å². The molecule has 0 spiro atoms. The van der Waals surface area contributed by atoms with E-state index >= 15 is 0 Å². The second-order valence-corrected chi connectivity index (χ2v) is 6.12. The Labute approximate surface area is 125 Å². The van der Waals surface area contributed by atoms with Crippen molar-refractivity contribution in [2.75, 3.05) is 0 Å². The lowest BCUT2D eigenvalue weighted by molar-refractivity contribution is 0.739. The molecule has 0 atom stereocenters. The molecule has 102 valence electrons. The predicted octanol–water partition coefficient (Wildman–Crippen LogP) is 1.47. The van der Waals surface area contributed by atoms with Crippen LogP contribution in [0.3, 0.4) is 0 Å². The lowest BCUT2D eigenvalue weighted by Crippen LogP contribution is -2.36. The third kappa shape index (κ3) is 2.01. The van der Waals surface area contributed by atoms with Crippen molar-refractivity contribution in [1.29, 1.82) is 0 Å². The van der Waals surface area contributed by atoms with Gasteiger partial charge in [-0.15, -0.1) is 11.3 Å². The molecule has 8 heteroatoms. The molecule has 0 amide bonds. The van der Waals surface area contributed by atoms with Gasteiger partial charge in [0.1, 0.15) is 0 Å². The highest BCUT2D eigenvalue weighted by Gasteiger charge is 2.18. The van der Waals surface area contributed by atoms with E-state index in [4.69, 9.17) is 0 Å². The third-order valence-corrected chi connectivity index (χ3v) is 4.62. The molecule has 0 N–H and O–H groups in total. The van der Waals surface area contributed by atoms with Crippen molar-refractivity contribution < 1.29 is 0 Å². The molecule has 3 heterocycles. The molecule has 0 saturated heterocycles. The fourth-order valence-corrected chi connectivity index (χ4v) is 3.25. The summed E-state index contributed by atoms with van der Waals surface area (Å²) in [5, 5.41) is 1.94. The van der Waals surface area contributed by atoms with E-state index in [1.807, 2.05) is 11.4 Å². The molecule has 0 bridgehead atoms. The summed E-state index contributed by atoms with van der Waals surface area (Å²) in [4.78, 5) is 32.9. The summed E-state index contributed by atoms with van der Waals surface area (Å²) in [6.07, 6.45) is 1.76. The molecular formula is C12H9BrN4O2S. The van der Waals surface area contributed by atoms with Gasteiger partial charge in [-0.25, -0.2) is 9.78 Å². The monoisotopic (exact) mass is 352 g/mol. The van der Waals surface area contributed by atoms with Crippen LogP contribution in [0.5, 0.6) is 0 Å². The zero-order chi connectivity index (χ0) is 14.4. The van der Waals surface area contributed by atoms with Crippen molar-refractivity contribution in [3.63, 3.8) is 0 Å². The zero-order valence-corrected chi connectivity index (χ0v) is 13.0. The Morgan fingerprint density at radius 3 is 2.65 bits per heavy atom. The molecule has 6 nitrogen and oxygen atoms in total. The average Bonchev–Trinajstić information content (AvgIpc) is 2.84. The fourth-order valence-electron chi connectivity index (χ4n) is 1.86. The summed E-state index contributed by atoms with van der Waals surface area (Å²) >= 11 is 4.91. The van der Waals surface area contributed by atoms with Gasteiger partial charge in [0.05, 0.1) is 10.6 Å².